The molecule has 0 aliphatic carbocycles. The molecule has 10 heteroatoms. The second kappa shape index (κ2) is 8.41. The number of rotatable bonds is 5. The molecule has 0 aromatic heterocycles. The van der Waals surface area contributed by atoms with E-state index in [1.54, 1.807) is 6.07 Å². The fourth-order valence-corrected chi connectivity index (χ4v) is 3.79. The Kier molecular flexibility index (Phi) is 5.95. The summed E-state index contributed by atoms with van der Waals surface area (Å²) in [6.45, 7) is -0.426. The first-order valence-electron chi connectivity index (χ1n) is 8.11. The molecule has 29 heavy (non-hydrogen) atoms. The summed E-state index contributed by atoms with van der Waals surface area (Å²) in [5, 5.41) is 21.0. The Morgan fingerprint density at radius 1 is 1.24 bits per heavy atom. The smallest absolute Gasteiger partial charge is 0.337 e. The largest absolute Gasteiger partial charge is 0.508 e. The molecule has 2 aromatic carbocycles. The number of aromatic carboxylic acids is 1. The van der Waals surface area contributed by atoms with Crippen LogP contribution in [0.25, 0.3) is 6.08 Å². The molecule has 0 saturated carbocycles. The number of carboxylic acid groups (broad SMARTS) is 1. The summed E-state index contributed by atoms with van der Waals surface area (Å²) in [5.41, 5.74) is 0.154. The lowest BCUT2D eigenvalue weighted by Crippen LogP contribution is -2.36. The van der Waals surface area contributed by atoms with Gasteiger partial charge in [-0.2, -0.15) is 0 Å². The average Bonchev–Trinajstić information content (AvgIpc) is 2.90. The summed E-state index contributed by atoms with van der Waals surface area (Å²) in [5.74, 6) is -3.22. The summed E-state index contributed by atoms with van der Waals surface area (Å²) in [4.78, 5) is 37.5. The minimum atomic E-state index is -1.33. The Morgan fingerprint density at radius 2 is 2.00 bits per heavy atom. The van der Waals surface area contributed by atoms with E-state index in [1.165, 1.54) is 36.4 Å². The summed E-state index contributed by atoms with van der Waals surface area (Å²) in [6.07, 6.45) is 1.47. The minimum absolute atomic E-state index is 0.0268. The summed E-state index contributed by atoms with van der Waals surface area (Å²) in [6, 6.07) is 9.14. The monoisotopic (exact) mass is 432 g/mol. The molecule has 1 saturated heterocycles. The second-order valence-electron chi connectivity index (χ2n) is 5.91. The third-order valence-electron chi connectivity index (χ3n) is 3.83. The van der Waals surface area contributed by atoms with Crippen LogP contribution in [0.5, 0.6) is 5.75 Å². The van der Waals surface area contributed by atoms with Gasteiger partial charge in [0.25, 0.3) is 5.91 Å². The van der Waals surface area contributed by atoms with Gasteiger partial charge in [-0.25, -0.2) is 9.18 Å². The fraction of sp³-hybridized carbons (Fsp3) is 0.0526. The van der Waals surface area contributed by atoms with Crippen LogP contribution >= 0.6 is 24.0 Å². The van der Waals surface area contributed by atoms with Crippen LogP contribution in [-0.4, -0.2) is 43.8 Å². The van der Waals surface area contributed by atoms with E-state index >= 15 is 0 Å². The Bertz CT molecular complexity index is 1070. The van der Waals surface area contributed by atoms with Crippen LogP contribution in [-0.2, 0) is 9.59 Å². The predicted octanol–water partition coefficient (Wildman–Crippen LogP) is 3.07. The zero-order valence-electron chi connectivity index (χ0n) is 14.6. The van der Waals surface area contributed by atoms with Crippen molar-refractivity contribution in [2.45, 2.75) is 0 Å². The third kappa shape index (κ3) is 4.79. The number of anilines is 1. The molecule has 1 fully saturated rings. The van der Waals surface area contributed by atoms with Gasteiger partial charge in [-0.05, 0) is 42.0 Å². The number of hydrogen-bond donors (Lipinski definition) is 3. The SMILES string of the molecule is O=C(CN1C(=O)/C(=C\c2cccc(F)c2)SC1=S)Nc1ccc(O)cc1C(=O)O. The third-order valence-corrected chi connectivity index (χ3v) is 5.21. The number of carbonyl (C=O) groups is 3. The van der Waals surface area contributed by atoms with Gasteiger partial charge in [-0.15, -0.1) is 0 Å². The number of amides is 2. The number of thiocarbonyl (C=S) groups is 1. The van der Waals surface area contributed by atoms with Crippen molar-refractivity contribution in [2.75, 3.05) is 11.9 Å². The number of phenols is 1. The maximum Gasteiger partial charge on any atom is 0.337 e. The minimum Gasteiger partial charge on any atom is -0.508 e. The Morgan fingerprint density at radius 3 is 2.69 bits per heavy atom. The number of carbonyl (C=O) groups excluding carboxylic acids is 2. The van der Waals surface area contributed by atoms with Crippen molar-refractivity contribution >= 4 is 57.8 Å². The van der Waals surface area contributed by atoms with Gasteiger partial charge in [0.05, 0.1) is 16.2 Å². The number of thioether (sulfide) groups is 1. The molecule has 0 atom stereocenters. The van der Waals surface area contributed by atoms with Crippen molar-refractivity contribution in [2.24, 2.45) is 0 Å². The standard InChI is InChI=1S/C19H13FN2O5S2/c20-11-3-1-2-10(6-11)7-15-17(25)22(19(28)29-15)9-16(24)21-14-5-4-12(23)8-13(14)18(26)27/h1-8,23H,9H2,(H,21,24)(H,26,27)/b15-7+. The van der Waals surface area contributed by atoms with Crippen LogP contribution in [0.2, 0.25) is 0 Å². The number of benzene rings is 2. The van der Waals surface area contributed by atoms with E-state index in [1.807, 2.05) is 0 Å². The molecule has 7 nitrogen and oxygen atoms in total. The highest BCUT2D eigenvalue weighted by atomic mass is 32.2. The lowest BCUT2D eigenvalue weighted by atomic mass is 10.1. The van der Waals surface area contributed by atoms with E-state index in [0.29, 0.717) is 5.56 Å². The fourth-order valence-electron chi connectivity index (χ4n) is 2.54. The van der Waals surface area contributed by atoms with Crippen molar-refractivity contribution in [1.29, 1.82) is 0 Å². The quantitative estimate of drug-likeness (QED) is 0.379. The molecule has 2 amide bonds. The molecule has 0 unspecified atom stereocenters. The lowest BCUT2D eigenvalue weighted by Gasteiger charge is -2.15. The van der Waals surface area contributed by atoms with Gasteiger partial charge < -0.3 is 15.5 Å². The number of aromatic hydroxyl groups is 1. The number of hydrogen-bond acceptors (Lipinski definition) is 6. The molecular formula is C19H13FN2O5S2. The average molecular weight is 432 g/mol. The van der Waals surface area contributed by atoms with Crippen LogP contribution in [0.15, 0.2) is 47.4 Å². The van der Waals surface area contributed by atoms with E-state index in [0.717, 1.165) is 22.7 Å². The number of nitrogens with zero attached hydrogens (tertiary/aromatic N) is 1. The zero-order chi connectivity index (χ0) is 21.1. The summed E-state index contributed by atoms with van der Waals surface area (Å²) >= 11 is 6.13. The van der Waals surface area contributed by atoms with Gasteiger partial charge in [0.15, 0.2) is 0 Å². The number of phenolic OH excluding ortho intramolecular Hbond substituents is 1. The van der Waals surface area contributed by atoms with E-state index in [2.05, 4.69) is 5.32 Å². The molecule has 148 valence electrons. The van der Waals surface area contributed by atoms with Crippen LogP contribution < -0.4 is 5.32 Å². The summed E-state index contributed by atoms with van der Waals surface area (Å²) in [7, 11) is 0. The maximum atomic E-state index is 13.3. The molecule has 3 N–H and O–H groups in total. The van der Waals surface area contributed by atoms with Gasteiger partial charge >= 0.3 is 5.97 Å². The molecule has 3 rings (SSSR count). The molecule has 0 radical (unpaired) electrons. The molecule has 1 aliphatic rings. The first kappa shape index (κ1) is 20.5. The number of carboxylic acids is 1. The van der Waals surface area contributed by atoms with E-state index in [9.17, 15) is 29.0 Å². The van der Waals surface area contributed by atoms with E-state index in [4.69, 9.17) is 12.2 Å². The lowest BCUT2D eigenvalue weighted by molar-refractivity contribution is -0.126. The summed E-state index contributed by atoms with van der Waals surface area (Å²) < 4.78 is 13.5. The topological polar surface area (TPSA) is 107 Å². The van der Waals surface area contributed by atoms with Gasteiger partial charge in [-0.3, -0.25) is 14.5 Å². The molecular weight excluding hydrogens is 419 g/mol. The predicted molar refractivity (Wildman–Crippen MR) is 110 cm³/mol. The molecule has 1 aliphatic heterocycles. The highest BCUT2D eigenvalue weighted by molar-refractivity contribution is 8.26. The van der Waals surface area contributed by atoms with Crippen LogP contribution in [0.1, 0.15) is 15.9 Å². The normalized spacial score (nSPS) is 15.1. The number of halogens is 1. The van der Waals surface area contributed by atoms with Gasteiger partial charge in [0.2, 0.25) is 5.91 Å². The van der Waals surface area contributed by atoms with Crippen molar-refractivity contribution in [3.05, 3.63) is 64.3 Å². The van der Waals surface area contributed by atoms with Crippen molar-refractivity contribution in [1.82, 2.24) is 4.90 Å². The zero-order valence-corrected chi connectivity index (χ0v) is 16.2. The molecule has 0 spiro atoms. The first-order valence-corrected chi connectivity index (χ1v) is 9.34. The Hall–Kier alpha value is -3.24. The van der Waals surface area contributed by atoms with Crippen molar-refractivity contribution in [3.63, 3.8) is 0 Å². The van der Waals surface area contributed by atoms with Crippen LogP contribution in [0.3, 0.4) is 0 Å². The molecule has 2 aromatic rings. The van der Waals surface area contributed by atoms with Gasteiger partial charge in [0.1, 0.15) is 22.4 Å². The maximum absolute atomic E-state index is 13.3. The van der Waals surface area contributed by atoms with E-state index < -0.39 is 30.1 Å². The molecule has 1 heterocycles. The van der Waals surface area contributed by atoms with Crippen molar-refractivity contribution in [3.8, 4) is 5.75 Å². The number of nitrogens with one attached hydrogen (secondary N) is 1. The van der Waals surface area contributed by atoms with Crippen molar-refractivity contribution < 1.29 is 29.0 Å². The van der Waals surface area contributed by atoms with Crippen LogP contribution in [0.4, 0.5) is 10.1 Å². The highest BCUT2D eigenvalue weighted by Gasteiger charge is 2.33. The Labute approximate surface area is 173 Å². The van der Waals surface area contributed by atoms with Gasteiger partial charge in [0, 0.05) is 0 Å². The van der Waals surface area contributed by atoms with Gasteiger partial charge in [-0.1, -0.05) is 36.1 Å². The van der Waals surface area contributed by atoms with Crippen LogP contribution in [0, 0.1) is 5.82 Å². The first-order chi connectivity index (χ1) is 13.7. The molecule has 0 bridgehead atoms. The highest BCUT2D eigenvalue weighted by Crippen LogP contribution is 2.32. The Balaban J connectivity index is 1.74. The second-order valence-corrected chi connectivity index (χ2v) is 7.58. The van der Waals surface area contributed by atoms with E-state index in [-0.39, 0.29) is 26.2 Å².